The van der Waals surface area contributed by atoms with E-state index in [9.17, 15) is 4.79 Å². The van der Waals surface area contributed by atoms with Gasteiger partial charge < -0.3 is 11.1 Å². The van der Waals surface area contributed by atoms with Crippen LogP contribution in [0, 0.1) is 0 Å². The van der Waals surface area contributed by atoms with Crippen molar-refractivity contribution in [2.45, 2.75) is 19.4 Å². The third kappa shape index (κ3) is 3.14. The molecule has 1 atom stereocenters. The van der Waals surface area contributed by atoms with E-state index in [-0.39, 0.29) is 11.9 Å². The first kappa shape index (κ1) is 10.7. The summed E-state index contributed by atoms with van der Waals surface area (Å²) in [5.41, 5.74) is 6.16. The molecule has 0 spiro atoms. The number of nitrogens with one attached hydrogen (secondary N) is 1. The predicted octanol–water partition coefficient (Wildman–Crippen LogP) is 0.608. The van der Waals surface area contributed by atoms with E-state index in [0.29, 0.717) is 6.42 Å². The quantitative estimate of drug-likeness (QED) is 0.719. The molecule has 0 bridgehead atoms. The molecule has 0 aliphatic heterocycles. The van der Waals surface area contributed by atoms with Crippen molar-refractivity contribution in [2.24, 2.45) is 5.73 Å². The lowest BCUT2D eigenvalue weighted by Gasteiger charge is -2.15. The van der Waals surface area contributed by atoms with E-state index in [4.69, 9.17) is 5.73 Å². The molecule has 76 valence electrons. The number of hydrogen-bond donors (Lipinski definition) is 2. The lowest BCUT2D eigenvalue weighted by molar-refractivity contribution is -0.118. The summed E-state index contributed by atoms with van der Waals surface area (Å²) in [6.45, 7) is 2.79. The number of carbonyl (C=O) groups excluding carboxylic acids is 1. The second-order valence-electron chi connectivity index (χ2n) is 3.07. The van der Waals surface area contributed by atoms with Crippen molar-refractivity contribution < 1.29 is 4.79 Å². The molecule has 0 aliphatic rings. The van der Waals surface area contributed by atoms with Crippen molar-refractivity contribution in [3.8, 4) is 0 Å². The maximum absolute atomic E-state index is 10.8. The first-order valence-corrected chi connectivity index (χ1v) is 4.65. The molecule has 1 heterocycles. The Balaban J connectivity index is 2.72. The molecule has 0 aliphatic carbocycles. The van der Waals surface area contributed by atoms with Gasteiger partial charge in [0.05, 0.1) is 0 Å². The average molecular weight is 193 g/mol. The van der Waals surface area contributed by atoms with Crippen molar-refractivity contribution >= 4 is 5.91 Å². The molecule has 14 heavy (non-hydrogen) atoms. The van der Waals surface area contributed by atoms with Gasteiger partial charge in [0.15, 0.2) is 0 Å². The second kappa shape index (κ2) is 5.34. The topological polar surface area (TPSA) is 68.0 Å². The fraction of sp³-hybridized carbons (Fsp3) is 0.400. The standard InChI is InChI=1S/C10H15N3O/c1-2-13-9(6-10(11)14)8-4-3-5-12-7-8/h3-5,7,9,13H,2,6H2,1H3,(H2,11,14). The van der Waals surface area contributed by atoms with Gasteiger partial charge in [0.25, 0.3) is 0 Å². The van der Waals surface area contributed by atoms with Crippen LogP contribution in [0.4, 0.5) is 0 Å². The summed E-state index contributed by atoms with van der Waals surface area (Å²) in [5, 5.41) is 3.19. The summed E-state index contributed by atoms with van der Waals surface area (Å²) in [5.74, 6) is -0.306. The first-order valence-electron chi connectivity index (χ1n) is 4.65. The van der Waals surface area contributed by atoms with Crippen LogP contribution in [0.15, 0.2) is 24.5 Å². The van der Waals surface area contributed by atoms with Crippen molar-refractivity contribution in [1.82, 2.24) is 10.3 Å². The van der Waals surface area contributed by atoms with Crippen molar-refractivity contribution in [3.63, 3.8) is 0 Å². The number of amides is 1. The Bertz CT molecular complexity index is 287. The lowest BCUT2D eigenvalue weighted by atomic mass is 10.1. The van der Waals surface area contributed by atoms with E-state index in [0.717, 1.165) is 12.1 Å². The predicted molar refractivity (Wildman–Crippen MR) is 54.5 cm³/mol. The zero-order chi connectivity index (χ0) is 10.4. The molecule has 1 aromatic heterocycles. The zero-order valence-electron chi connectivity index (χ0n) is 8.23. The molecular formula is C10H15N3O. The fourth-order valence-electron chi connectivity index (χ4n) is 1.34. The molecule has 1 unspecified atom stereocenters. The number of pyridine rings is 1. The van der Waals surface area contributed by atoms with Crippen LogP contribution in [0.3, 0.4) is 0 Å². The maximum Gasteiger partial charge on any atom is 0.219 e. The summed E-state index contributed by atoms with van der Waals surface area (Å²) in [4.78, 5) is 14.8. The summed E-state index contributed by atoms with van der Waals surface area (Å²) < 4.78 is 0. The van der Waals surface area contributed by atoms with E-state index in [2.05, 4.69) is 10.3 Å². The van der Waals surface area contributed by atoms with Crippen LogP contribution < -0.4 is 11.1 Å². The Morgan fingerprint density at radius 2 is 2.50 bits per heavy atom. The Morgan fingerprint density at radius 1 is 1.71 bits per heavy atom. The van der Waals surface area contributed by atoms with E-state index in [1.54, 1.807) is 12.4 Å². The van der Waals surface area contributed by atoms with Gasteiger partial charge in [-0.05, 0) is 18.2 Å². The molecule has 1 rings (SSSR count). The highest BCUT2D eigenvalue weighted by molar-refractivity contribution is 5.74. The molecule has 3 N–H and O–H groups in total. The van der Waals surface area contributed by atoms with E-state index < -0.39 is 0 Å². The number of nitrogens with zero attached hydrogens (tertiary/aromatic N) is 1. The largest absolute Gasteiger partial charge is 0.370 e. The Kier molecular flexibility index (Phi) is 4.07. The SMILES string of the molecule is CCNC(CC(N)=O)c1cccnc1. The molecule has 0 radical (unpaired) electrons. The van der Waals surface area contributed by atoms with Gasteiger partial charge in [-0.3, -0.25) is 9.78 Å². The van der Waals surface area contributed by atoms with Gasteiger partial charge in [0.1, 0.15) is 0 Å². The van der Waals surface area contributed by atoms with Crippen LogP contribution >= 0.6 is 0 Å². The normalized spacial score (nSPS) is 12.4. The number of primary amides is 1. The Labute approximate surface area is 83.5 Å². The highest BCUT2D eigenvalue weighted by atomic mass is 16.1. The number of aromatic nitrogens is 1. The van der Waals surface area contributed by atoms with Gasteiger partial charge in [-0.1, -0.05) is 13.0 Å². The highest BCUT2D eigenvalue weighted by Gasteiger charge is 2.12. The molecule has 0 aromatic carbocycles. The summed E-state index contributed by atoms with van der Waals surface area (Å²) in [7, 11) is 0. The van der Waals surface area contributed by atoms with Crippen molar-refractivity contribution in [2.75, 3.05) is 6.54 Å². The minimum atomic E-state index is -0.306. The third-order valence-electron chi connectivity index (χ3n) is 1.94. The van der Waals surface area contributed by atoms with Crippen molar-refractivity contribution in [1.29, 1.82) is 0 Å². The minimum Gasteiger partial charge on any atom is -0.370 e. The molecule has 4 nitrogen and oxygen atoms in total. The highest BCUT2D eigenvalue weighted by Crippen LogP contribution is 2.14. The molecule has 0 fully saturated rings. The average Bonchev–Trinajstić information content (AvgIpc) is 2.18. The van der Waals surface area contributed by atoms with Crippen LogP contribution in [0.1, 0.15) is 24.9 Å². The van der Waals surface area contributed by atoms with Gasteiger partial charge in [-0.15, -0.1) is 0 Å². The van der Waals surface area contributed by atoms with Gasteiger partial charge in [-0.2, -0.15) is 0 Å². The number of rotatable bonds is 5. The molecule has 0 saturated heterocycles. The van der Waals surface area contributed by atoms with Crippen LogP contribution in [0.2, 0.25) is 0 Å². The summed E-state index contributed by atoms with van der Waals surface area (Å²) >= 11 is 0. The Hall–Kier alpha value is -1.42. The number of nitrogens with two attached hydrogens (primary N) is 1. The molecule has 0 saturated carbocycles. The third-order valence-corrected chi connectivity index (χ3v) is 1.94. The maximum atomic E-state index is 10.8. The van der Waals surface area contributed by atoms with Crippen LogP contribution in [-0.2, 0) is 4.79 Å². The van der Waals surface area contributed by atoms with Gasteiger partial charge >= 0.3 is 0 Å². The van der Waals surface area contributed by atoms with E-state index in [1.807, 2.05) is 19.1 Å². The number of hydrogen-bond acceptors (Lipinski definition) is 3. The van der Waals surface area contributed by atoms with E-state index >= 15 is 0 Å². The van der Waals surface area contributed by atoms with Gasteiger partial charge in [-0.25, -0.2) is 0 Å². The van der Waals surface area contributed by atoms with Crippen LogP contribution in [-0.4, -0.2) is 17.4 Å². The van der Waals surface area contributed by atoms with E-state index in [1.165, 1.54) is 0 Å². The minimum absolute atomic E-state index is 0.0220. The van der Waals surface area contributed by atoms with Crippen molar-refractivity contribution in [3.05, 3.63) is 30.1 Å². The summed E-state index contributed by atoms with van der Waals surface area (Å²) in [6.07, 6.45) is 3.76. The Morgan fingerprint density at radius 3 is 3.00 bits per heavy atom. The monoisotopic (exact) mass is 193 g/mol. The summed E-state index contributed by atoms with van der Waals surface area (Å²) in [6, 6.07) is 3.76. The smallest absolute Gasteiger partial charge is 0.219 e. The number of carbonyl (C=O) groups is 1. The van der Waals surface area contributed by atoms with Gasteiger partial charge in [0, 0.05) is 24.9 Å². The second-order valence-corrected chi connectivity index (χ2v) is 3.07. The molecule has 4 heteroatoms. The first-order chi connectivity index (χ1) is 6.74. The zero-order valence-corrected chi connectivity index (χ0v) is 8.23. The van der Waals surface area contributed by atoms with Crippen LogP contribution in [0.25, 0.3) is 0 Å². The molecule has 1 aromatic rings. The molecular weight excluding hydrogens is 178 g/mol. The van der Waals surface area contributed by atoms with Crippen LogP contribution in [0.5, 0.6) is 0 Å². The lowest BCUT2D eigenvalue weighted by Crippen LogP contribution is -2.26. The fourth-order valence-corrected chi connectivity index (χ4v) is 1.34. The van der Waals surface area contributed by atoms with Gasteiger partial charge in [0.2, 0.25) is 5.91 Å². The molecule has 1 amide bonds.